The number of anilines is 1. The molecule has 2 heterocycles. The molecule has 128 valence electrons. The molecular formula is C21H23N3O. The molecule has 1 fully saturated rings. The van der Waals surface area contributed by atoms with E-state index in [0.29, 0.717) is 5.92 Å². The molecule has 1 saturated heterocycles. The van der Waals surface area contributed by atoms with Crippen LogP contribution < -0.4 is 9.64 Å². The molecule has 1 atom stereocenters. The number of benzene rings is 2. The summed E-state index contributed by atoms with van der Waals surface area (Å²) in [5.74, 6) is 3.37. The first-order valence-electron chi connectivity index (χ1n) is 8.91. The summed E-state index contributed by atoms with van der Waals surface area (Å²) >= 11 is 0. The van der Waals surface area contributed by atoms with E-state index in [1.807, 2.05) is 30.3 Å². The molecule has 1 unspecified atom stereocenters. The normalized spacial score (nSPS) is 17.7. The molecule has 4 nitrogen and oxygen atoms in total. The highest BCUT2D eigenvalue weighted by atomic mass is 16.5. The molecule has 0 spiro atoms. The maximum atomic E-state index is 5.26. The van der Waals surface area contributed by atoms with Crippen LogP contribution in [0, 0.1) is 5.92 Å². The smallest absolute Gasteiger partial charge is 0.162 e. The third kappa shape index (κ3) is 3.16. The van der Waals surface area contributed by atoms with Gasteiger partial charge in [-0.25, -0.2) is 9.97 Å². The second-order valence-electron chi connectivity index (χ2n) is 6.81. The van der Waals surface area contributed by atoms with Gasteiger partial charge in [0.05, 0.1) is 12.6 Å². The molecule has 0 bridgehead atoms. The lowest BCUT2D eigenvalue weighted by atomic mass is 10.00. The second-order valence-corrected chi connectivity index (χ2v) is 6.81. The van der Waals surface area contributed by atoms with E-state index in [9.17, 15) is 0 Å². The van der Waals surface area contributed by atoms with E-state index in [-0.39, 0.29) is 0 Å². The second kappa shape index (κ2) is 6.71. The van der Waals surface area contributed by atoms with Crippen molar-refractivity contribution in [2.45, 2.75) is 19.8 Å². The Morgan fingerprint density at radius 3 is 2.60 bits per heavy atom. The van der Waals surface area contributed by atoms with Gasteiger partial charge in [-0.15, -0.1) is 0 Å². The first-order chi connectivity index (χ1) is 12.2. The molecule has 0 aliphatic carbocycles. The van der Waals surface area contributed by atoms with E-state index < -0.39 is 0 Å². The fourth-order valence-electron chi connectivity index (χ4n) is 3.55. The summed E-state index contributed by atoms with van der Waals surface area (Å²) in [4.78, 5) is 12.2. The van der Waals surface area contributed by atoms with E-state index in [0.717, 1.165) is 46.9 Å². The van der Waals surface area contributed by atoms with Crippen LogP contribution in [-0.4, -0.2) is 30.2 Å². The molecule has 0 radical (unpaired) electrons. The van der Waals surface area contributed by atoms with Crippen molar-refractivity contribution in [2.24, 2.45) is 5.92 Å². The van der Waals surface area contributed by atoms with Gasteiger partial charge in [0.15, 0.2) is 5.82 Å². The van der Waals surface area contributed by atoms with E-state index >= 15 is 0 Å². The molecule has 4 rings (SSSR count). The van der Waals surface area contributed by atoms with Gasteiger partial charge < -0.3 is 9.64 Å². The SMILES string of the molecule is COc1ccc(-c2nc(N3CCCC(C)C3)c3ccccc3n2)cc1. The Hall–Kier alpha value is -2.62. The summed E-state index contributed by atoms with van der Waals surface area (Å²) in [5, 5.41) is 1.13. The Balaban J connectivity index is 1.82. The fraction of sp³-hybridized carbons (Fsp3) is 0.333. The largest absolute Gasteiger partial charge is 0.497 e. The van der Waals surface area contributed by atoms with Crippen LogP contribution in [0.15, 0.2) is 48.5 Å². The molecule has 1 aromatic heterocycles. The third-order valence-electron chi connectivity index (χ3n) is 4.89. The van der Waals surface area contributed by atoms with Crippen LogP contribution in [0.5, 0.6) is 5.75 Å². The minimum absolute atomic E-state index is 0.701. The number of hydrogen-bond donors (Lipinski definition) is 0. The van der Waals surface area contributed by atoms with Crippen LogP contribution in [-0.2, 0) is 0 Å². The molecule has 3 aromatic rings. The average Bonchev–Trinajstić information content (AvgIpc) is 2.67. The number of fused-ring (bicyclic) bond motifs is 1. The number of para-hydroxylation sites is 1. The number of methoxy groups -OCH3 is 1. The molecule has 4 heteroatoms. The highest BCUT2D eigenvalue weighted by Gasteiger charge is 2.21. The zero-order chi connectivity index (χ0) is 17.2. The van der Waals surface area contributed by atoms with Crippen molar-refractivity contribution in [1.82, 2.24) is 9.97 Å². The molecule has 1 aliphatic heterocycles. The van der Waals surface area contributed by atoms with Crippen molar-refractivity contribution in [3.05, 3.63) is 48.5 Å². The number of piperidine rings is 1. The molecular weight excluding hydrogens is 310 g/mol. The minimum atomic E-state index is 0.701. The average molecular weight is 333 g/mol. The quantitative estimate of drug-likeness (QED) is 0.705. The van der Waals surface area contributed by atoms with E-state index in [4.69, 9.17) is 14.7 Å². The van der Waals surface area contributed by atoms with Crippen LogP contribution in [0.25, 0.3) is 22.3 Å². The van der Waals surface area contributed by atoms with Gasteiger partial charge in [-0.2, -0.15) is 0 Å². The summed E-state index contributed by atoms with van der Waals surface area (Å²) < 4.78 is 5.26. The Bertz CT molecular complexity index is 876. The highest BCUT2D eigenvalue weighted by molar-refractivity contribution is 5.91. The first kappa shape index (κ1) is 15.9. The van der Waals surface area contributed by atoms with E-state index in [1.54, 1.807) is 7.11 Å². The Labute approximate surface area is 148 Å². The molecule has 0 N–H and O–H groups in total. The summed E-state index contributed by atoms with van der Waals surface area (Å²) in [6.07, 6.45) is 2.52. The maximum absolute atomic E-state index is 5.26. The lowest BCUT2D eigenvalue weighted by Gasteiger charge is -2.32. The summed E-state index contributed by atoms with van der Waals surface area (Å²) in [5.41, 5.74) is 2.01. The lowest BCUT2D eigenvalue weighted by Crippen LogP contribution is -2.35. The van der Waals surface area contributed by atoms with Gasteiger partial charge in [0.1, 0.15) is 11.6 Å². The van der Waals surface area contributed by atoms with Crippen molar-refractivity contribution in [3.63, 3.8) is 0 Å². The van der Waals surface area contributed by atoms with Crippen molar-refractivity contribution in [1.29, 1.82) is 0 Å². The number of nitrogens with zero attached hydrogens (tertiary/aromatic N) is 3. The van der Waals surface area contributed by atoms with Crippen LogP contribution in [0.4, 0.5) is 5.82 Å². The topological polar surface area (TPSA) is 38.2 Å². The van der Waals surface area contributed by atoms with Crippen molar-refractivity contribution in [2.75, 3.05) is 25.1 Å². The Morgan fingerprint density at radius 2 is 1.84 bits per heavy atom. The Kier molecular flexibility index (Phi) is 4.26. The maximum Gasteiger partial charge on any atom is 0.162 e. The number of ether oxygens (including phenoxy) is 1. The predicted molar refractivity (Wildman–Crippen MR) is 102 cm³/mol. The standard InChI is InChI=1S/C21H23N3O/c1-15-6-5-13-24(14-15)21-18-7-3-4-8-19(18)22-20(23-21)16-9-11-17(25-2)12-10-16/h3-4,7-12,15H,5-6,13-14H2,1-2H3. The number of rotatable bonds is 3. The van der Waals surface area contributed by atoms with Gasteiger partial charge in [0, 0.05) is 24.0 Å². The predicted octanol–water partition coefficient (Wildman–Crippen LogP) is 4.54. The number of aromatic nitrogens is 2. The minimum Gasteiger partial charge on any atom is -0.497 e. The zero-order valence-electron chi connectivity index (χ0n) is 14.8. The lowest BCUT2D eigenvalue weighted by molar-refractivity contribution is 0.415. The van der Waals surface area contributed by atoms with Gasteiger partial charge in [0.2, 0.25) is 0 Å². The summed E-state index contributed by atoms with van der Waals surface area (Å²) in [7, 11) is 1.68. The number of hydrogen-bond acceptors (Lipinski definition) is 4. The van der Waals surface area contributed by atoms with Gasteiger partial charge in [-0.05, 0) is 55.2 Å². The van der Waals surface area contributed by atoms with E-state index in [2.05, 4.69) is 30.0 Å². The summed E-state index contributed by atoms with van der Waals surface area (Å²) in [6.45, 7) is 4.44. The monoisotopic (exact) mass is 333 g/mol. The molecule has 0 amide bonds. The highest BCUT2D eigenvalue weighted by Crippen LogP contribution is 2.30. The summed E-state index contributed by atoms with van der Waals surface area (Å²) in [6, 6.07) is 16.2. The van der Waals surface area contributed by atoms with Crippen molar-refractivity contribution in [3.8, 4) is 17.1 Å². The third-order valence-corrected chi connectivity index (χ3v) is 4.89. The Morgan fingerprint density at radius 1 is 1.04 bits per heavy atom. The van der Waals surface area contributed by atoms with Crippen LogP contribution in [0.3, 0.4) is 0 Å². The van der Waals surface area contributed by atoms with Crippen LogP contribution in [0.1, 0.15) is 19.8 Å². The van der Waals surface area contributed by atoms with Gasteiger partial charge in [0.25, 0.3) is 0 Å². The molecule has 0 saturated carbocycles. The van der Waals surface area contributed by atoms with Gasteiger partial charge >= 0.3 is 0 Å². The molecule has 25 heavy (non-hydrogen) atoms. The first-order valence-corrected chi connectivity index (χ1v) is 8.91. The van der Waals surface area contributed by atoms with Gasteiger partial charge in [-0.3, -0.25) is 0 Å². The van der Waals surface area contributed by atoms with Gasteiger partial charge in [-0.1, -0.05) is 19.1 Å². The van der Waals surface area contributed by atoms with E-state index in [1.165, 1.54) is 12.8 Å². The fourth-order valence-corrected chi connectivity index (χ4v) is 3.55. The molecule has 2 aromatic carbocycles. The molecule has 1 aliphatic rings. The zero-order valence-corrected chi connectivity index (χ0v) is 14.8. The van der Waals surface area contributed by atoms with Crippen LogP contribution in [0.2, 0.25) is 0 Å². The van der Waals surface area contributed by atoms with Crippen LogP contribution >= 0.6 is 0 Å². The van der Waals surface area contributed by atoms with Crippen molar-refractivity contribution >= 4 is 16.7 Å². The van der Waals surface area contributed by atoms with Crippen molar-refractivity contribution < 1.29 is 4.74 Å².